The van der Waals surface area contributed by atoms with Crippen molar-refractivity contribution in [3.63, 3.8) is 0 Å². The summed E-state index contributed by atoms with van der Waals surface area (Å²) in [6, 6.07) is 0.851. The van der Waals surface area contributed by atoms with Crippen molar-refractivity contribution in [2.45, 2.75) is 38.3 Å². The smallest absolute Gasteiger partial charge is 0.265 e. The maximum Gasteiger partial charge on any atom is 0.265 e. The third kappa shape index (κ3) is 2.36. The van der Waals surface area contributed by atoms with Gasteiger partial charge in [-0.05, 0) is 25.2 Å². The molecular formula is C11H16N4OS. The van der Waals surface area contributed by atoms with Crippen LogP contribution >= 0.6 is 11.3 Å². The highest BCUT2D eigenvalue weighted by atomic mass is 32.1. The van der Waals surface area contributed by atoms with E-state index in [-0.39, 0.29) is 5.91 Å². The minimum absolute atomic E-state index is 0.0850. The first-order chi connectivity index (χ1) is 8.13. The molecule has 1 aromatic heterocycles. The van der Waals surface area contributed by atoms with Crippen LogP contribution in [0.25, 0.3) is 0 Å². The molecule has 2 atom stereocenters. The van der Waals surface area contributed by atoms with E-state index >= 15 is 0 Å². The van der Waals surface area contributed by atoms with E-state index in [1.165, 1.54) is 24.2 Å². The zero-order chi connectivity index (χ0) is 12.0. The quantitative estimate of drug-likeness (QED) is 0.757. The molecule has 5 nitrogen and oxygen atoms in total. The van der Waals surface area contributed by atoms with Crippen molar-refractivity contribution in [3.05, 3.63) is 4.88 Å². The number of anilines is 2. The van der Waals surface area contributed by atoms with Crippen LogP contribution in [0, 0.1) is 5.92 Å². The van der Waals surface area contributed by atoms with Crippen LogP contribution in [-0.2, 0) is 0 Å². The van der Waals surface area contributed by atoms with Gasteiger partial charge in [0, 0.05) is 12.1 Å². The van der Waals surface area contributed by atoms with E-state index in [0.29, 0.717) is 28.7 Å². The van der Waals surface area contributed by atoms with Gasteiger partial charge in [0.1, 0.15) is 10.7 Å². The van der Waals surface area contributed by atoms with Crippen LogP contribution in [0.3, 0.4) is 0 Å². The lowest BCUT2D eigenvalue weighted by atomic mass is 10.4. The molecule has 2 aliphatic rings. The van der Waals surface area contributed by atoms with Gasteiger partial charge in [-0.2, -0.15) is 0 Å². The molecule has 3 rings (SSSR count). The van der Waals surface area contributed by atoms with Crippen molar-refractivity contribution < 1.29 is 4.79 Å². The lowest BCUT2D eigenvalue weighted by Gasteiger charge is -2.00. The topological polar surface area (TPSA) is 80.0 Å². The number of carbonyl (C=O) groups is 1. The number of thiazole rings is 1. The highest BCUT2D eigenvalue weighted by Gasteiger charge is 2.35. The van der Waals surface area contributed by atoms with Gasteiger partial charge in [-0.1, -0.05) is 18.3 Å². The first kappa shape index (κ1) is 10.8. The summed E-state index contributed by atoms with van der Waals surface area (Å²) >= 11 is 1.35. The molecule has 2 aliphatic carbocycles. The summed E-state index contributed by atoms with van der Waals surface area (Å²) in [6.45, 7) is 2.13. The highest BCUT2D eigenvalue weighted by Crippen LogP contribution is 2.32. The summed E-state index contributed by atoms with van der Waals surface area (Å²) in [6.07, 6.45) is 3.43. The normalized spacial score (nSPS) is 26.6. The molecule has 2 fully saturated rings. The van der Waals surface area contributed by atoms with Gasteiger partial charge in [0.05, 0.1) is 0 Å². The number of hydrogen-bond acceptors (Lipinski definition) is 5. The molecule has 0 aromatic carbocycles. The summed E-state index contributed by atoms with van der Waals surface area (Å²) in [5, 5.41) is 6.99. The standard InChI is InChI=1S/C11H16N4OS/c1-5-4-7(5)14-10(16)8-9(12)15-11(17-8)13-6-2-3-6/h5-7H,2-4,12H2,1H3,(H,13,15)(H,14,16). The molecule has 1 amide bonds. The molecule has 2 saturated carbocycles. The molecule has 0 radical (unpaired) electrons. The van der Waals surface area contributed by atoms with Crippen LogP contribution in [0.1, 0.15) is 35.9 Å². The van der Waals surface area contributed by atoms with Crippen LogP contribution in [-0.4, -0.2) is 23.0 Å². The molecule has 0 saturated heterocycles. The van der Waals surface area contributed by atoms with Gasteiger partial charge in [0.15, 0.2) is 5.13 Å². The first-order valence-electron chi connectivity index (χ1n) is 5.97. The van der Waals surface area contributed by atoms with Crippen molar-refractivity contribution in [1.29, 1.82) is 0 Å². The number of aromatic nitrogens is 1. The molecule has 4 N–H and O–H groups in total. The van der Waals surface area contributed by atoms with E-state index < -0.39 is 0 Å². The molecule has 2 unspecified atom stereocenters. The van der Waals surface area contributed by atoms with E-state index in [2.05, 4.69) is 22.5 Å². The number of nitrogen functional groups attached to an aromatic ring is 1. The van der Waals surface area contributed by atoms with Gasteiger partial charge in [0.2, 0.25) is 0 Å². The van der Waals surface area contributed by atoms with Crippen LogP contribution in [0.2, 0.25) is 0 Å². The van der Waals surface area contributed by atoms with Crippen molar-refractivity contribution >= 4 is 28.2 Å². The Bertz CT molecular complexity index is 454. The van der Waals surface area contributed by atoms with Crippen LogP contribution in [0.15, 0.2) is 0 Å². The number of nitrogens with two attached hydrogens (primary N) is 1. The average molecular weight is 252 g/mol. The molecule has 17 heavy (non-hydrogen) atoms. The van der Waals surface area contributed by atoms with Crippen LogP contribution < -0.4 is 16.4 Å². The summed E-state index contributed by atoms with van der Waals surface area (Å²) in [4.78, 5) is 16.6. The predicted octanol–water partition coefficient (Wildman–Crippen LogP) is 1.44. The summed E-state index contributed by atoms with van der Waals surface area (Å²) in [5.74, 6) is 0.847. The van der Waals surface area contributed by atoms with Crippen molar-refractivity contribution in [2.24, 2.45) is 5.92 Å². The van der Waals surface area contributed by atoms with Crippen molar-refractivity contribution in [3.8, 4) is 0 Å². The first-order valence-corrected chi connectivity index (χ1v) is 6.79. The Balaban J connectivity index is 1.67. The summed E-state index contributed by atoms with van der Waals surface area (Å²) in [7, 11) is 0. The van der Waals surface area contributed by atoms with E-state index in [4.69, 9.17) is 5.73 Å². The van der Waals surface area contributed by atoms with E-state index in [0.717, 1.165) is 11.6 Å². The van der Waals surface area contributed by atoms with Crippen molar-refractivity contribution in [1.82, 2.24) is 10.3 Å². The maximum atomic E-state index is 11.9. The van der Waals surface area contributed by atoms with Gasteiger partial charge >= 0.3 is 0 Å². The fourth-order valence-corrected chi connectivity index (χ4v) is 2.58. The lowest BCUT2D eigenvalue weighted by Crippen LogP contribution is -2.26. The van der Waals surface area contributed by atoms with Crippen molar-refractivity contribution in [2.75, 3.05) is 11.1 Å². The minimum atomic E-state index is -0.0850. The highest BCUT2D eigenvalue weighted by molar-refractivity contribution is 7.18. The lowest BCUT2D eigenvalue weighted by molar-refractivity contribution is 0.0954. The Morgan fingerprint density at radius 1 is 1.53 bits per heavy atom. The number of nitrogens with one attached hydrogen (secondary N) is 2. The SMILES string of the molecule is CC1CC1NC(=O)c1sc(NC2CC2)nc1N. The fourth-order valence-electron chi connectivity index (χ4n) is 1.72. The van der Waals surface area contributed by atoms with E-state index in [9.17, 15) is 4.79 Å². The summed E-state index contributed by atoms with van der Waals surface area (Å²) < 4.78 is 0. The Kier molecular flexibility index (Phi) is 2.47. The molecule has 0 bridgehead atoms. The molecule has 0 spiro atoms. The Morgan fingerprint density at radius 3 is 2.82 bits per heavy atom. The number of amides is 1. The molecule has 92 valence electrons. The molecule has 1 aromatic rings. The number of rotatable bonds is 4. The zero-order valence-corrected chi connectivity index (χ0v) is 10.5. The number of nitrogens with zero attached hydrogens (tertiary/aromatic N) is 1. The third-order valence-corrected chi connectivity index (χ3v) is 4.19. The predicted molar refractivity (Wildman–Crippen MR) is 68.2 cm³/mol. The Morgan fingerprint density at radius 2 is 2.24 bits per heavy atom. The second kappa shape index (κ2) is 3.87. The summed E-state index contributed by atoms with van der Waals surface area (Å²) in [5.41, 5.74) is 5.77. The molecule has 6 heteroatoms. The van der Waals surface area contributed by atoms with Gasteiger partial charge in [-0.25, -0.2) is 4.98 Å². The molecule has 0 aliphatic heterocycles. The van der Waals surface area contributed by atoms with E-state index in [1.807, 2.05) is 0 Å². The van der Waals surface area contributed by atoms with Gasteiger partial charge in [-0.3, -0.25) is 4.79 Å². The second-order valence-electron chi connectivity index (χ2n) is 4.94. The minimum Gasteiger partial charge on any atom is -0.382 e. The Hall–Kier alpha value is -1.30. The van der Waals surface area contributed by atoms with Gasteiger partial charge in [-0.15, -0.1) is 0 Å². The van der Waals surface area contributed by atoms with Gasteiger partial charge in [0.25, 0.3) is 5.91 Å². The fraction of sp³-hybridized carbons (Fsp3) is 0.636. The monoisotopic (exact) mass is 252 g/mol. The molecule has 1 heterocycles. The average Bonchev–Trinajstić information content (AvgIpc) is 3.14. The van der Waals surface area contributed by atoms with Crippen LogP contribution in [0.5, 0.6) is 0 Å². The van der Waals surface area contributed by atoms with Crippen LogP contribution in [0.4, 0.5) is 10.9 Å². The largest absolute Gasteiger partial charge is 0.382 e. The maximum absolute atomic E-state index is 11.9. The number of carbonyl (C=O) groups excluding carboxylic acids is 1. The molecular weight excluding hydrogens is 236 g/mol. The Labute approximate surface area is 104 Å². The van der Waals surface area contributed by atoms with Gasteiger partial charge < -0.3 is 16.4 Å². The second-order valence-corrected chi connectivity index (χ2v) is 5.94. The zero-order valence-electron chi connectivity index (χ0n) is 9.69. The number of hydrogen-bond donors (Lipinski definition) is 3. The third-order valence-electron chi connectivity index (χ3n) is 3.19. The van der Waals surface area contributed by atoms with E-state index in [1.54, 1.807) is 0 Å².